The van der Waals surface area contributed by atoms with Crippen LogP contribution in [-0.2, 0) is 0 Å². The molecule has 1 aliphatic rings. The van der Waals surface area contributed by atoms with Gasteiger partial charge in [0.05, 0.1) is 11.8 Å². The van der Waals surface area contributed by atoms with Gasteiger partial charge in [0.2, 0.25) is 0 Å². The van der Waals surface area contributed by atoms with Crippen molar-refractivity contribution in [1.82, 2.24) is 4.98 Å². The van der Waals surface area contributed by atoms with E-state index in [0.29, 0.717) is 5.57 Å². The van der Waals surface area contributed by atoms with Crippen LogP contribution >= 0.6 is 0 Å². The lowest BCUT2D eigenvalue weighted by Gasteiger charge is -2.09. The van der Waals surface area contributed by atoms with Crippen molar-refractivity contribution in [2.45, 2.75) is 12.6 Å². The molecule has 0 bridgehead atoms. The minimum absolute atomic E-state index is 0.0144. The highest BCUT2D eigenvalue weighted by Crippen LogP contribution is 2.20. The second-order valence-corrected chi connectivity index (χ2v) is 4.07. The third kappa shape index (κ3) is 3.01. The normalized spacial score (nSPS) is 17.9. The lowest BCUT2D eigenvalue weighted by atomic mass is 10.0. The Bertz CT molecular complexity index is 668. The third-order valence-electron chi connectivity index (χ3n) is 2.68. The first kappa shape index (κ1) is 13.7. The van der Waals surface area contributed by atoms with Crippen LogP contribution in [0.5, 0.6) is 0 Å². The monoisotopic (exact) mass is 272 g/mol. The van der Waals surface area contributed by atoms with Gasteiger partial charge in [-0.05, 0) is 6.07 Å². The van der Waals surface area contributed by atoms with Gasteiger partial charge in [-0.25, -0.2) is 18.8 Å². The molecule has 0 aromatic carbocycles. The number of aromatic nitrogens is 1. The van der Waals surface area contributed by atoms with Crippen LogP contribution in [0.25, 0.3) is 0 Å². The molecule has 1 atom stereocenters. The van der Waals surface area contributed by atoms with Gasteiger partial charge >= 0.3 is 0 Å². The minimum atomic E-state index is -1.15. The van der Waals surface area contributed by atoms with Crippen molar-refractivity contribution >= 4 is 17.7 Å². The van der Waals surface area contributed by atoms with Gasteiger partial charge in [0, 0.05) is 18.2 Å². The summed E-state index contributed by atoms with van der Waals surface area (Å²) in [5, 5.41) is 16.1. The molecule has 0 aliphatic heterocycles. The largest absolute Gasteiger partial charge is 0.290 e. The number of rotatable bonds is 3. The molecule has 6 heteroatoms. The number of nitrogens with one attached hydrogen (secondary N) is 1. The van der Waals surface area contributed by atoms with Gasteiger partial charge in [0.25, 0.3) is 0 Å². The van der Waals surface area contributed by atoms with Crippen LogP contribution in [0.15, 0.2) is 41.1 Å². The van der Waals surface area contributed by atoms with E-state index in [1.807, 2.05) is 0 Å². The number of halogens is 2. The summed E-state index contributed by atoms with van der Waals surface area (Å²) >= 11 is 0. The molecule has 1 aromatic rings. The predicted octanol–water partition coefficient (Wildman–Crippen LogP) is 3.04. The summed E-state index contributed by atoms with van der Waals surface area (Å²) in [6, 6.07) is 2.61. The molecule has 20 heavy (non-hydrogen) atoms. The van der Waals surface area contributed by atoms with E-state index in [-0.39, 0.29) is 17.8 Å². The minimum Gasteiger partial charge on any atom is -0.290 e. The standard InChI is InChI=1S/C14H10F2N4/c15-10-5-11(13(18)6-17)14(20-8-10)19-7-9-3-1-2-4-12(9)16/h1-3,5,7-8,12,18H,4H2. The van der Waals surface area contributed by atoms with Crippen molar-refractivity contribution < 1.29 is 8.78 Å². The average molecular weight is 272 g/mol. The molecule has 100 valence electrons. The van der Waals surface area contributed by atoms with E-state index in [2.05, 4.69) is 9.98 Å². The molecule has 0 radical (unpaired) electrons. The Kier molecular flexibility index (Phi) is 4.11. The smallest absolute Gasteiger partial charge is 0.162 e. The average Bonchev–Trinajstić information content (AvgIpc) is 2.46. The molecular weight excluding hydrogens is 262 g/mol. The van der Waals surface area contributed by atoms with Crippen LogP contribution in [0.4, 0.5) is 14.6 Å². The number of hydrogen-bond acceptors (Lipinski definition) is 4. The molecule has 1 aromatic heterocycles. The molecule has 0 saturated carbocycles. The first-order valence-electron chi connectivity index (χ1n) is 5.81. The predicted molar refractivity (Wildman–Crippen MR) is 71.5 cm³/mol. The van der Waals surface area contributed by atoms with Gasteiger partial charge in [0.15, 0.2) is 5.82 Å². The van der Waals surface area contributed by atoms with E-state index in [1.165, 1.54) is 6.21 Å². The summed E-state index contributed by atoms with van der Waals surface area (Å²) in [7, 11) is 0. The highest BCUT2D eigenvalue weighted by atomic mass is 19.1. The molecule has 0 amide bonds. The van der Waals surface area contributed by atoms with Crippen LogP contribution in [0.3, 0.4) is 0 Å². The molecule has 1 unspecified atom stereocenters. The number of nitrogens with zero attached hydrogens (tertiary/aromatic N) is 3. The molecule has 1 aliphatic carbocycles. The number of pyridine rings is 1. The fourth-order valence-corrected chi connectivity index (χ4v) is 1.66. The zero-order valence-corrected chi connectivity index (χ0v) is 10.3. The number of aliphatic imine (C=N–C) groups is 1. The fraction of sp³-hybridized carbons (Fsp3) is 0.143. The fourth-order valence-electron chi connectivity index (χ4n) is 1.66. The van der Waals surface area contributed by atoms with E-state index >= 15 is 0 Å². The summed E-state index contributed by atoms with van der Waals surface area (Å²) in [5.74, 6) is -0.650. The summed E-state index contributed by atoms with van der Waals surface area (Å²) < 4.78 is 26.7. The molecule has 2 rings (SSSR count). The summed E-state index contributed by atoms with van der Waals surface area (Å²) in [6.45, 7) is 0. The summed E-state index contributed by atoms with van der Waals surface area (Å²) in [4.78, 5) is 7.68. The Morgan fingerprint density at radius 3 is 3.10 bits per heavy atom. The van der Waals surface area contributed by atoms with E-state index in [0.717, 1.165) is 12.3 Å². The quantitative estimate of drug-likeness (QED) is 0.859. The zero-order chi connectivity index (χ0) is 14.5. The Morgan fingerprint density at radius 1 is 1.60 bits per heavy atom. The van der Waals surface area contributed by atoms with Crippen LogP contribution in [-0.4, -0.2) is 23.1 Å². The number of alkyl halides is 1. The van der Waals surface area contributed by atoms with Gasteiger partial charge in [-0.1, -0.05) is 18.2 Å². The van der Waals surface area contributed by atoms with E-state index in [4.69, 9.17) is 10.7 Å². The van der Waals surface area contributed by atoms with Gasteiger partial charge in [-0.3, -0.25) is 5.41 Å². The van der Waals surface area contributed by atoms with Gasteiger partial charge in [0.1, 0.15) is 23.8 Å². The van der Waals surface area contributed by atoms with Crippen LogP contribution in [0, 0.1) is 22.6 Å². The Labute approximate surface area is 114 Å². The maximum Gasteiger partial charge on any atom is 0.162 e. The van der Waals surface area contributed by atoms with Crippen LogP contribution in [0.1, 0.15) is 12.0 Å². The number of hydrogen-bond donors (Lipinski definition) is 1. The van der Waals surface area contributed by atoms with Crippen molar-refractivity contribution in [2.75, 3.05) is 0 Å². The van der Waals surface area contributed by atoms with Gasteiger partial charge < -0.3 is 0 Å². The van der Waals surface area contributed by atoms with Crippen molar-refractivity contribution in [3.63, 3.8) is 0 Å². The molecule has 1 N–H and O–H groups in total. The zero-order valence-electron chi connectivity index (χ0n) is 10.3. The molecule has 4 nitrogen and oxygen atoms in total. The molecule has 1 heterocycles. The van der Waals surface area contributed by atoms with Crippen molar-refractivity contribution in [3.8, 4) is 6.07 Å². The SMILES string of the molecule is N#CC(=N)c1cc(F)cnc1N=CC1=CC=CCC1F. The first-order chi connectivity index (χ1) is 9.61. The van der Waals surface area contributed by atoms with Gasteiger partial charge in [-0.2, -0.15) is 5.26 Å². The second-order valence-electron chi connectivity index (χ2n) is 4.07. The number of allylic oxidation sites excluding steroid dienone is 4. The van der Waals surface area contributed by atoms with E-state index in [9.17, 15) is 8.78 Å². The molecule has 0 saturated heterocycles. The topological polar surface area (TPSA) is 72.9 Å². The lowest BCUT2D eigenvalue weighted by Crippen LogP contribution is -2.07. The van der Waals surface area contributed by atoms with Crippen molar-refractivity contribution in [2.24, 2.45) is 4.99 Å². The van der Waals surface area contributed by atoms with Crippen LogP contribution < -0.4 is 0 Å². The van der Waals surface area contributed by atoms with E-state index in [1.54, 1.807) is 24.3 Å². The summed E-state index contributed by atoms with van der Waals surface area (Å²) in [6.07, 6.45) is 6.34. The Balaban J connectivity index is 2.34. The maximum absolute atomic E-state index is 13.6. The summed E-state index contributed by atoms with van der Waals surface area (Å²) in [5.41, 5.74) is -0.0994. The highest BCUT2D eigenvalue weighted by Gasteiger charge is 2.13. The molecule has 0 fully saturated rings. The molecular formula is C14H10F2N4. The maximum atomic E-state index is 13.6. The Morgan fingerprint density at radius 2 is 2.40 bits per heavy atom. The lowest BCUT2D eigenvalue weighted by molar-refractivity contribution is 0.393. The van der Waals surface area contributed by atoms with Gasteiger partial charge in [-0.15, -0.1) is 0 Å². The third-order valence-corrected chi connectivity index (χ3v) is 2.68. The van der Waals surface area contributed by atoms with Crippen molar-refractivity contribution in [1.29, 1.82) is 10.7 Å². The Hall–Kier alpha value is -2.68. The second kappa shape index (κ2) is 5.97. The number of nitriles is 1. The van der Waals surface area contributed by atoms with E-state index < -0.39 is 17.7 Å². The molecule has 0 spiro atoms. The van der Waals surface area contributed by atoms with Crippen molar-refractivity contribution in [3.05, 3.63) is 47.4 Å². The first-order valence-corrected chi connectivity index (χ1v) is 5.81. The van der Waals surface area contributed by atoms with Crippen LogP contribution in [0.2, 0.25) is 0 Å². The highest BCUT2D eigenvalue weighted by molar-refractivity contribution is 6.12.